The van der Waals surface area contributed by atoms with Crippen LogP contribution < -0.4 is 0 Å². The Morgan fingerprint density at radius 3 is 2.68 bits per heavy atom. The lowest BCUT2D eigenvalue weighted by Crippen LogP contribution is -2.41. The molecule has 22 heavy (non-hydrogen) atoms. The summed E-state index contributed by atoms with van der Waals surface area (Å²) in [5.74, 6) is 0.676. The number of carbonyl (C=O) groups is 1. The van der Waals surface area contributed by atoms with Crippen molar-refractivity contribution in [3.8, 4) is 0 Å². The summed E-state index contributed by atoms with van der Waals surface area (Å²) in [7, 11) is 0. The number of hydrogen-bond donors (Lipinski definition) is 2. The van der Waals surface area contributed by atoms with Gasteiger partial charge >= 0.3 is 0 Å². The van der Waals surface area contributed by atoms with Crippen LogP contribution >= 0.6 is 0 Å². The van der Waals surface area contributed by atoms with Crippen LogP contribution in [0.25, 0.3) is 0 Å². The Hall–Kier alpha value is -1.46. The van der Waals surface area contributed by atoms with Crippen LogP contribution in [-0.4, -0.2) is 45.2 Å². The van der Waals surface area contributed by atoms with Gasteiger partial charge in [-0.05, 0) is 48.8 Å². The minimum atomic E-state index is -0.270. The Morgan fingerprint density at radius 1 is 1.41 bits per heavy atom. The Morgan fingerprint density at radius 2 is 2.09 bits per heavy atom. The van der Waals surface area contributed by atoms with Crippen molar-refractivity contribution in [3.05, 3.63) is 29.6 Å². The predicted octanol–water partition coefficient (Wildman–Crippen LogP) is 1.83. The summed E-state index contributed by atoms with van der Waals surface area (Å²) >= 11 is 0. The average Bonchev–Trinajstić information content (AvgIpc) is 2.53. The van der Waals surface area contributed by atoms with Gasteiger partial charge in [-0.2, -0.15) is 0 Å². The maximum atomic E-state index is 12.4. The Balaban J connectivity index is 1.92. The monoisotopic (exact) mass is 306 g/mol. The molecule has 1 atom stereocenters. The molecule has 0 aliphatic carbocycles. The lowest BCUT2D eigenvalue weighted by atomic mass is 9.87. The summed E-state index contributed by atoms with van der Waals surface area (Å²) in [4.78, 5) is 18.3. The van der Waals surface area contributed by atoms with Crippen LogP contribution in [0.15, 0.2) is 18.3 Å². The van der Waals surface area contributed by atoms with Crippen LogP contribution in [0.5, 0.6) is 0 Å². The van der Waals surface area contributed by atoms with Gasteiger partial charge in [0, 0.05) is 19.3 Å². The maximum Gasteiger partial charge on any atom is 0.272 e. The Labute approximate surface area is 132 Å². The summed E-state index contributed by atoms with van der Waals surface area (Å²) in [5, 5.41) is 19.4. The Bertz CT molecular complexity index is 496. The zero-order chi connectivity index (χ0) is 16.1. The van der Waals surface area contributed by atoms with Crippen LogP contribution in [0, 0.1) is 11.8 Å². The van der Waals surface area contributed by atoms with E-state index >= 15 is 0 Å². The molecule has 2 N–H and O–H groups in total. The first-order valence-electron chi connectivity index (χ1n) is 8.04. The first-order chi connectivity index (χ1) is 10.5. The van der Waals surface area contributed by atoms with Crippen LogP contribution in [0.2, 0.25) is 0 Å². The van der Waals surface area contributed by atoms with Crippen molar-refractivity contribution in [1.29, 1.82) is 0 Å². The summed E-state index contributed by atoms with van der Waals surface area (Å²) in [6.07, 6.45) is 3.77. The van der Waals surface area contributed by atoms with Gasteiger partial charge in [0.1, 0.15) is 5.69 Å². The second kappa shape index (κ2) is 7.70. The van der Waals surface area contributed by atoms with Crippen LogP contribution in [-0.2, 0) is 6.61 Å². The van der Waals surface area contributed by atoms with Gasteiger partial charge in [0.25, 0.3) is 5.91 Å². The molecule has 2 rings (SSSR count). The van der Waals surface area contributed by atoms with E-state index in [9.17, 15) is 9.90 Å². The van der Waals surface area contributed by atoms with Crippen molar-refractivity contribution in [2.45, 2.75) is 45.8 Å². The van der Waals surface area contributed by atoms with Gasteiger partial charge < -0.3 is 15.1 Å². The van der Waals surface area contributed by atoms with Gasteiger partial charge in [0.05, 0.1) is 12.7 Å². The SMILES string of the molecule is CC(C)CC(O)C1CCN(C(=O)c2cc(CO)ccn2)CC1. The van der Waals surface area contributed by atoms with Crippen molar-refractivity contribution in [3.63, 3.8) is 0 Å². The van der Waals surface area contributed by atoms with Crippen LogP contribution in [0.3, 0.4) is 0 Å². The summed E-state index contributed by atoms with van der Waals surface area (Å²) < 4.78 is 0. The van der Waals surface area contributed by atoms with Gasteiger partial charge in [-0.15, -0.1) is 0 Å². The molecule has 1 aromatic heterocycles. The number of hydrogen-bond acceptors (Lipinski definition) is 4. The standard InChI is InChI=1S/C17H26N2O3/c1-12(2)9-16(21)14-4-7-19(8-5-14)17(22)15-10-13(11-20)3-6-18-15/h3,6,10,12,14,16,20-21H,4-5,7-9,11H2,1-2H3. The topological polar surface area (TPSA) is 73.7 Å². The molecule has 1 aromatic rings. The number of piperidine rings is 1. The molecule has 0 spiro atoms. The number of aliphatic hydroxyl groups excluding tert-OH is 2. The van der Waals surface area contributed by atoms with Crippen molar-refractivity contribution >= 4 is 5.91 Å². The molecule has 0 aromatic carbocycles. The average molecular weight is 306 g/mol. The van der Waals surface area contributed by atoms with E-state index in [1.54, 1.807) is 23.2 Å². The number of pyridine rings is 1. The maximum absolute atomic E-state index is 12.4. The predicted molar refractivity (Wildman–Crippen MR) is 84.2 cm³/mol. The number of carbonyl (C=O) groups excluding carboxylic acids is 1. The number of aromatic nitrogens is 1. The highest BCUT2D eigenvalue weighted by atomic mass is 16.3. The molecule has 1 aliphatic heterocycles. The lowest BCUT2D eigenvalue weighted by Gasteiger charge is -2.34. The van der Waals surface area contributed by atoms with Crippen molar-refractivity contribution in [2.75, 3.05) is 13.1 Å². The van der Waals surface area contributed by atoms with E-state index in [0.29, 0.717) is 30.3 Å². The molecule has 0 saturated carbocycles. The molecule has 0 bridgehead atoms. The van der Waals surface area contributed by atoms with Crippen LogP contribution in [0.1, 0.15) is 49.2 Å². The molecule has 1 saturated heterocycles. The quantitative estimate of drug-likeness (QED) is 0.870. The molecular weight excluding hydrogens is 280 g/mol. The van der Waals surface area contributed by atoms with Gasteiger partial charge in [-0.25, -0.2) is 0 Å². The fourth-order valence-electron chi connectivity index (χ4n) is 3.01. The highest BCUT2D eigenvalue weighted by Crippen LogP contribution is 2.25. The fraction of sp³-hybridized carbons (Fsp3) is 0.647. The molecule has 122 valence electrons. The number of nitrogens with zero attached hydrogens (tertiary/aromatic N) is 2. The minimum absolute atomic E-state index is 0.0906. The highest BCUT2D eigenvalue weighted by molar-refractivity contribution is 5.92. The Kier molecular flexibility index (Phi) is 5.91. The molecule has 1 fully saturated rings. The van der Waals surface area contributed by atoms with Gasteiger partial charge in [0.2, 0.25) is 0 Å². The minimum Gasteiger partial charge on any atom is -0.393 e. The molecule has 2 heterocycles. The number of amides is 1. The number of aliphatic hydroxyl groups is 2. The first-order valence-corrected chi connectivity index (χ1v) is 8.04. The fourth-order valence-corrected chi connectivity index (χ4v) is 3.01. The molecule has 0 radical (unpaired) electrons. The molecule has 5 nitrogen and oxygen atoms in total. The second-order valence-electron chi connectivity index (χ2n) is 6.53. The summed E-state index contributed by atoms with van der Waals surface area (Å²) in [5.41, 5.74) is 1.08. The zero-order valence-electron chi connectivity index (χ0n) is 13.4. The third-order valence-electron chi connectivity index (χ3n) is 4.31. The highest BCUT2D eigenvalue weighted by Gasteiger charge is 2.28. The summed E-state index contributed by atoms with van der Waals surface area (Å²) in [6.45, 7) is 5.45. The zero-order valence-corrected chi connectivity index (χ0v) is 13.4. The van der Waals surface area contributed by atoms with E-state index < -0.39 is 0 Å². The first kappa shape index (κ1) is 16.9. The molecular formula is C17H26N2O3. The molecule has 1 aliphatic rings. The smallest absolute Gasteiger partial charge is 0.272 e. The molecule has 1 amide bonds. The third kappa shape index (κ3) is 4.27. The van der Waals surface area contributed by atoms with Crippen molar-refractivity contribution < 1.29 is 15.0 Å². The largest absolute Gasteiger partial charge is 0.393 e. The van der Waals surface area contributed by atoms with E-state index in [2.05, 4.69) is 18.8 Å². The third-order valence-corrected chi connectivity index (χ3v) is 4.31. The van der Waals surface area contributed by atoms with E-state index in [4.69, 9.17) is 5.11 Å². The summed E-state index contributed by atoms with van der Waals surface area (Å²) in [6, 6.07) is 3.34. The number of rotatable bonds is 5. The van der Waals surface area contributed by atoms with E-state index in [-0.39, 0.29) is 24.5 Å². The number of likely N-dealkylation sites (tertiary alicyclic amines) is 1. The van der Waals surface area contributed by atoms with Gasteiger partial charge in [-0.3, -0.25) is 9.78 Å². The van der Waals surface area contributed by atoms with E-state index in [1.807, 2.05) is 0 Å². The van der Waals surface area contributed by atoms with Crippen molar-refractivity contribution in [2.24, 2.45) is 11.8 Å². The second-order valence-corrected chi connectivity index (χ2v) is 6.53. The van der Waals surface area contributed by atoms with Gasteiger partial charge in [0.15, 0.2) is 0 Å². The molecule has 1 unspecified atom stereocenters. The van der Waals surface area contributed by atoms with E-state index in [0.717, 1.165) is 19.3 Å². The molecule has 5 heteroatoms. The van der Waals surface area contributed by atoms with Gasteiger partial charge in [-0.1, -0.05) is 13.8 Å². The normalized spacial score (nSPS) is 17.8. The van der Waals surface area contributed by atoms with Crippen molar-refractivity contribution in [1.82, 2.24) is 9.88 Å². The van der Waals surface area contributed by atoms with E-state index in [1.165, 1.54) is 0 Å². The lowest BCUT2D eigenvalue weighted by molar-refractivity contribution is 0.0382. The van der Waals surface area contributed by atoms with Crippen LogP contribution in [0.4, 0.5) is 0 Å².